The second-order valence-electron chi connectivity index (χ2n) is 5.50. The molecule has 0 spiro atoms. The van der Waals surface area contributed by atoms with Gasteiger partial charge in [0.2, 0.25) is 5.91 Å². The molecule has 0 unspecified atom stereocenters. The number of rotatable bonds is 5. The third-order valence-electron chi connectivity index (χ3n) is 3.74. The number of halogens is 2. The van der Waals surface area contributed by atoms with E-state index < -0.39 is 11.4 Å². The Kier molecular flexibility index (Phi) is 4.79. The first-order chi connectivity index (χ1) is 12.0. The molecule has 3 rings (SSSR count). The van der Waals surface area contributed by atoms with Crippen molar-refractivity contribution in [1.82, 2.24) is 25.4 Å². The zero-order chi connectivity index (χ0) is 18.0. The summed E-state index contributed by atoms with van der Waals surface area (Å²) in [4.78, 5) is 29.1. The molecule has 2 N–H and O–H groups in total. The standard InChI is InChI=1S/C16H13BrClN5O2/c1-2-7-20-15(25)16(5-6-16)21-14(24)11-9-12(17)22-23(11)13-10(18)4-3-8-19-13/h1,3-4,8-9H,5-7H2,(H,20,25)(H,21,24). The first-order valence-electron chi connectivity index (χ1n) is 7.37. The van der Waals surface area contributed by atoms with Crippen molar-refractivity contribution in [3.05, 3.63) is 39.7 Å². The molecule has 9 heteroatoms. The van der Waals surface area contributed by atoms with Gasteiger partial charge in [0.15, 0.2) is 5.82 Å². The first kappa shape index (κ1) is 17.5. The maximum absolute atomic E-state index is 12.7. The average Bonchev–Trinajstić information content (AvgIpc) is 3.27. The number of amides is 2. The molecule has 0 saturated heterocycles. The summed E-state index contributed by atoms with van der Waals surface area (Å²) in [5, 5.41) is 9.91. The van der Waals surface area contributed by atoms with Gasteiger partial charge < -0.3 is 10.6 Å². The zero-order valence-electron chi connectivity index (χ0n) is 12.9. The molecule has 7 nitrogen and oxygen atoms in total. The van der Waals surface area contributed by atoms with Gasteiger partial charge in [-0.3, -0.25) is 9.59 Å². The monoisotopic (exact) mass is 421 g/mol. The molecule has 1 saturated carbocycles. The van der Waals surface area contributed by atoms with Crippen molar-refractivity contribution in [3.63, 3.8) is 0 Å². The van der Waals surface area contributed by atoms with Gasteiger partial charge in [-0.1, -0.05) is 17.5 Å². The molecule has 25 heavy (non-hydrogen) atoms. The predicted octanol–water partition coefficient (Wildman–Crippen LogP) is 1.69. The molecule has 1 aliphatic rings. The van der Waals surface area contributed by atoms with Crippen molar-refractivity contribution >= 4 is 39.3 Å². The van der Waals surface area contributed by atoms with Gasteiger partial charge in [-0.15, -0.1) is 6.42 Å². The van der Waals surface area contributed by atoms with E-state index in [0.29, 0.717) is 28.3 Å². The third kappa shape index (κ3) is 3.52. The van der Waals surface area contributed by atoms with E-state index in [1.807, 2.05) is 0 Å². The highest BCUT2D eigenvalue weighted by atomic mass is 79.9. The van der Waals surface area contributed by atoms with E-state index in [-0.39, 0.29) is 18.1 Å². The summed E-state index contributed by atoms with van der Waals surface area (Å²) in [6, 6.07) is 4.87. The SMILES string of the molecule is C#CCNC(=O)C1(NC(=O)c2cc(Br)nn2-c2ncccc2Cl)CC1. The maximum Gasteiger partial charge on any atom is 0.270 e. The van der Waals surface area contributed by atoms with Crippen molar-refractivity contribution in [1.29, 1.82) is 0 Å². The van der Waals surface area contributed by atoms with Crippen LogP contribution in [-0.2, 0) is 4.79 Å². The number of hydrogen-bond donors (Lipinski definition) is 2. The molecule has 0 aliphatic heterocycles. The van der Waals surface area contributed by atoms with Gasteiger partial charge in [0.1, 0.15) is 15.8 Å². The first-order valence-corrected chi connectivity index (χ1v) is 8.55. The van der Waals surface area contributed by atoms with E-state index in [2.05, 4.69) is 42.6 Å². The number of nitrogens with zero attached hydrogens (tertiary/aromatic N) is 3. The smallest absolute Gasteiger partial charge is 0.270 e. The van der Waals surface area contributed by atoms with E-state index in [4.69, 9.17) is 18.0 Å². The fourth-order valence-corrected chi connectivity index (χ4v) is 2.90. The number of nitrogens with one attached hydrogen (secondary N) is 2. The van der Waals surface area contributed by atoms with Crippen molar-refractivity contribution in [2.24, 2.45) is 0 Å². The van der Waals surface area contributed by atoms with Gasteiger partial charge in [0.25, 0.3) is 5.91 Å². The number of hydrogen-bond acceptors (Lipinski definition) is 4. The topological polar surface area (TPSA) is 88.9 Å². The summed E-state index contributed by atoms with van der Waals surface area (Å²) in [5.74, 6) is 1.91. The number of pyridine rings is 1. The van der Waals surface area contributed by atoms with Crippen LogP contribution in [0.5, 0.6) is 0 Å². The molecule has 0 atom stereocenters. The summed E-state index contributed by atoms with van der Waals surface area (Å²) in [5.41, 5.74) is -0.716. The van der Waals surface area contributed by atoms with E-state index in [1.54, 1.807) is 18.3 Å². The van der Waals surface area contributed by atoms with Gasteiger partial charge in [0.05, 0.1) is 11.6 Å². The quantitative estimate of drug-likeness (QED) is 0.718. The average molecular weight is 423 g/mol. The van der Waals surface area contributed by atoms with Crippen molar-refractivity contribution in [3.8, 4) is 18.2 Å². The van der Waals surface area contributed by atoms with Crippen molar-refractivity contribution < 1.29 is 9.59 Å². The molecular weight excluding hydrogens is 410 g/mol. The lowest BCUT2D eigenvalue weighted by Gasteiger charge is -2.16. The number of terminal acetylenes is 1. The number of carbonyl (C=O) groups excluding carboxylic acids is 2. The Hall–Kier alpha value is -2.37. The minimum atomic E-state index is -0.927. The molecule has 0 aromatic carbocycles. The van der Waals surface area contributed by atoms with Crippen LogP contribution in [0.25, 0.3) is 5.82 Å². The van der Waals surface area contributed by atoms with Crippen LogP contribution >= 0.6 is 27.5 Å². The molecule has 1 fully saturated rings. The summed E-state index contributed by atoms with van der Waals surface area (Å²) in [7, 11) is 0. The van der Waals surface area contributed by atoms with Gasteiger partial charge in [-0.2, -0.15) is 5.10 Å². The molecule has 0 bridgehead atoms. The number of aromatic nitrogens is 3. The molecule has 128 valence electrons. The Bertz CT molecular complexity index is 885. The van der Waals surface area contributed by atoms with Crippen LogP contribution in [0.2, 0.25) is 5.02 Å². The van der Waals surface area contributed by atoms with Crippen LogP contribution in [0, 0.1) is 12.3 Å². The molecule has 2 heterocycles. The Morgan fingerprint density at radius 1 is 1.48 bits per heavy atom. The van der Waals surface area contributed by atoms with Crippen LogP contribution < -0.4 is 10.6 Å². The summed E-state index contributed by atoms with van der Waals surface area (Å²) >= 11 is 9.39. The second-order valence-corrected chi connectivity index (χ2v) is 6.72. The van der Waals surface area contributed by atoms with E-state index in [1.165, 1.54) is 10.7 Å². The van der Waals surface area contributed by atoms with E-state index in [9.17, 15) is 9.59 Å². The van der Waals surface area contributed by atoms with Gasteiger partial charge in [0, 0.05) is 12.3 Å². The maximum atomic E-state index is 12.7. The van der Waals surface area contributed by atoms with Crippen LogP contribution in [0.4, 0.5) is 0 Å². The van der Waals surface area contributed by atoms with E-state index >= 15 is 0 Å². The highest BCUT2D eigenvalue weighted by Gasteiger charge is 2.51. The molecule has 1 aliphatic carbocycles. The van der Waals surface area contributed by atoms with Gasteiger partial charge in [-0.25, -0.2) is 9.67 Å². The van der Waals surface area contributed by atoms with Crippen LogP contribution in [0.15, 0.2) is 29.0 Å². The normalized spacial score (nSPS) is 14.4. The summed E-state index contributed by atoms with van der Waals surface area (Å²) in [6.07, 6.45) is 7.80. The lowest BCUT2D eigenvalue weighted by molar-refractivity contribution is -0.123. The van der Waals surface area contributed by atoms with Crippen LogP contribution in [0.1, 0.15) is 23.3 Å². The Morgan fingerprint density at radius 2 is 2.24 bits per heavy atom. The fourth-order valence-electron chi connectivity index (χ4n) is 2.32. The predicted molar refractivity (Wildman–Crippen MR) is 95.3 cm³/mol. The summed E-state index contributed by atoms with van der Waals surface area (Å²) < 4.78 is 1.78. The molecule has 2 amide bonds. The van der Waals surface area contributed by atoms with Gasteiger partial charge >= 0.3 is 0 Å². The molecule has 0 radical (unpaired) electrons. The lowest BCUT2D eigenvalue weighted by Crippen LogP contribution is -2.49. The molecule has 2 aromatic heterocycles. The fraction of sp³-hybridized carbons (Fsp3) is 0.250. The number of carbonyl (C=O) groups is 2. The van der Waals surface area contributed by atoms with Crippen LogP contribution in [0.3, 0.4) is 0 Å². The molecule has 2 aromatic rings. The summed E-state index contributed by atoms with van der Waals surface area (Å²) in [6.45, 7) is 0.115. The molecular formula is C16H13BrClN5O2. The Labute approximate surface area is 157 Å². The van der Waals surface area contributed by atoms with Crippen LogP contribution in [-0.4, -0.2) is 38.7 Å². The minimum absolute atomic E-state index is 0.115. The largest absolute Gasteiger partial charge is 0.343 e. The van der Waals surface area contributed by atoms with E-state index in [0.717, 1.165) is 0 Å². The van der Waals surface area contributed by atoms with Crippen molar-refractivity contribution in [2.45, 2.75) is 18.4 Å². The van der Waals surface area contributed by atoms with Crippen molar-refractivity contribution in [2.75, 3.05) is 6.54 Å². The zero-order valence-corrected chi connectivity index (χ0v) is 15.3. The van der Waals surface area contributed by atoms with Gasteiger partial charge in [-0.05, 0) is 40.9 Å². The Morgan fingerprint density at radius 3 is 2.88 bits per heavy atom. The highest BCUT2D eigenvalue weighted by Crippen LogP contribution is 2.36. The Balaban J connectivity index is 1.86. The minimum Gasteiger partial charge on any atom is -0.343 e. The lowest BCUT2D eigenvalue weighted by atomic mass is 10.2. The third-order valence-corrected chi connectivity index (χ3v) is 4.42. The second kappa shape index (κ2) is 6.86. The highest BCUT2D eigenvalue weighted by molar-refractivity contribution is 9.10.